The Kier molecular flexibility index (Phi) is 4.40. The van der Waals surface area contributed by atoms with Crippen LogP contribution in [-0.4, -0.2) is 30.9 Å². The van der Waals surface area contributed by atoms with Crippen LogP contribution in [0, 0.1) is 0 Å². The molecule has 2 N–H and O–H groups in total. The number of nitrogens with one attached hydrogen (secondary N) is 1. The lowest BCUT2D eigenvalue weighted by molar-refractivity contribution is 0.184. The number of hydrogen-bond acceptors (Lipinski definition) is 3. The molecule has 2 rings (SSSR count). The SMILES string of the molecule is CC(O)CCNCCc1ccc2c(c1)CCO2. The van der Waals surface area contributed by atoms with Crippen LogP contribution in [0.25, 0.3) is 0 Å². The second-order valence-corrected chi connectivity index (χ2v) is 4.68. The molecule has 0 aromatic heterocycles. The molecule has 0 spiro atoms. The zero-order valence-electron chi connectivity index (χ0n) is 10.4. The predicted molar refractivity (Wildman–Crippen MR) is 68.5 cm³/mol. The van der Waals surface area contributed by atoms with Gasteiger partial charge in [0.2, 0.25) is 0 Å². The summed E-state index contributed by atoms with van der Waals surface area (Å²) < 4.78 is 5.48. The average Bonchev–Trinajstić information content (AvgIpc) is 2.75. The smallest absolute Gasteiger partial charge is 0.122 e. The number of hydrogen-bond donors (Lipinski definition) is 2. The maximum absolute atomic E-state index is 9.12. The maximum atomic E-state index is 9.12. The van der Waals surface area contributed by atoms with E-state index in [1.54, 1.807) is 0 Å². The summed E-state index contributed by atoms with van der Waals surface area (Å²) in [6, 6.07) is 6.46. The van der Waals surface area contributed by atoms with Gasteiger partial charge in [0.1, 0.15) is 5.75 Å². The Morgan fingerprint density at radius 1 is 1.41 bits per heavy atom. The minimum absolute atomic E-state index is 0.209. The molecule has 1 aromatic carbocycles. The Balaban J connectivity index is 1.72. The Morgan fingerprint density at radius 2 is 2.29 bits per heavy atom. The normalized spacial score (nSPS) is 15.4. The number of ether oxygens (including phenoxy) is 1. The minimum atomic E-state index is -0.209. The molecule has 0 saturated heterocycles. The summed E-state index contributed by atoms with van der Waals surface area (Å²) >= 11 is 0. The minimum Gasteiger partial charge on any atom is -0.493 e. The molecule has 0 fully saturated rings. The van der Waals surface area contributed by atoms with Crippen molar-refractivity contribution in [3.05, 3.63) is 29.3 Å². The maximum Gasteiger partial charge on any atom is 0.122 e. The van der Waals surface area contributed by atoms with Gasteiger partial charge in [-0.15, -0.1) is 0 Å². The van der Waals surface area contributed by atoms with Crippen LogP contribution < -0.4 is 10.1 Å². The predicted octanol–water partition coefficient (Wildman–Crippen LogP) is 1.52. The van der Waals surface area contributed by atoms with Gasteiger partial charge in [-0.05, 0) is 50.0 Å². The van der Waals surface area contributed by atoms with E-state index >= 15 is 0 Å². The van der Waals surface area contributed by atoms with Crippen molar-refractivity contribution >= 4 is 0 Å². The molecule has 0 saturated carbocycles. The molecule has 0 amide bonds. The van der Waals surface area contributed by atoms with Gasteiger partial charge in [-0.2, -0.15) is 0 Å². The fraction of sp³-hybridized carbons (Fsp3) is 0.571. The number of fused-ring (bicyclic) bond motifs is 1. The van der Waals surface area contributed by atoms with Gasteiger partial charge in [0, 0.05) is 6.42 Å². The van der Waals surface area contributed by atoms with Gasteiger partial charge in [0.05, 0.1) is 12.7 Å². The largest absolute Gasteiger partial charge is 0.493 e. The molecule has 1 aliphatic rings. The second-order valence-electron chi connectivity index (χ2n) is 4.68. The highest BCUT2D eigenvalue weighted by Gasteiger charge is 2.11. The van der Waals surface area contributed by atoms with Gasteiger partial charge in [0.25, 0.3) is 0 Å². The summed E-state index contributed by atoms with van der Waals surface area (Å²) in [6.07, 6.45) is 2.68. The molecule has 94 valence electrons. The monoisotopic (exact) mass is 235 g/mol. The molecular formula is C14H21NO2. The van der Waals surface area contributed by atoms with Crippen molar-refractivity contribution < 1.29 is 9.84 Å². The Hall–Kier alpha value is -1.06. The zero-order chi connectivity index (χ0) is 12.1. The molecule has 3 nitrogen and oxygen atoms in total. The van der Waals surface area contributed by atoms with E-state index < -0.39 is 0 Å². The van der Waals surface area contributed by atoms with Crippen molar-refractivity contribution in [2.75, 3.05) is 19.7 Å². The van der Waals surface area contributed by atoms with Crippen LogP contribution >= 0.6 is 0 Å². The van der Waals surface area contributed by atoms with E-state index in [0.717, 1.165) is 44.7 Å². The quantitative estimate of drug-likeness (QED) is 0.735. The van der Waals surface area contributed by atoms with E-state index in [0.29, 0.717) is 0 Å². The summed E-state index contributed by atoms with van der Waals surface area (Å²) in [6.45, 7) is 4.49. The van der Waals surface area contributed by atoms with Gasteiger partial charge >= 0.3 is 0 Å². The van der Waals surface area contributed by atoms with Crippen molar-refractivity contribution in [1.29, 1.82) is 0 Å². The highest BCUT2D eigenvalue weighted by molar-refractivity contribution is 5.39. The Labute approximate surface area is 103 Å². The lowest BCUT2D eigenvalue weighted by atomic mass is 10.1. The molecular weight excluding hydrogens is 214 g/mol. The van der Waals surface area contributed by atoms with Crippen molar-refractivity contribution in [2.24, 2.45) is 0 Å². The zero-order valence-corrected chi connectivity index (χ0v) is 10.4. The van der Waals surface area contributed by atoms with E-state index in [4.69, 9.17) is 9.84 Å². The van der Waals surface area contributed by atoms with E-state index in [1.807, 2.05) is 6.92 Å². The highest BCUT2D eigenvalue weighted by atomic mass is 16.5. The highest BCUT2D eigenvalue weighted by Crippen LogP contribution is 2.25. The fourth-order valence-electron chi connectivity index (χ4n) is 2.06. The standard InChI is InChI=1S/C14H21NO2/c1-11(16)4-7-15-8-5-12-2-3-14-13(10-12)6-9-17-14/h2-3,10-11,15-16H,4-9H2,1H3. The van der Waals surface area contributed by atoms with Crippen LogP contribution in [0.15, 0.2) is 18.2 Å². The first-order valence-electron chi connectivity index (χ1n) is 6.39. The molecule has 1 aromatic rings. The van der Waals surface area contributed by atoms with Gasteiger partial charge in [0.15, 0.2) is 0 Å². The molecule has 3 heteroatoms. The first-order valence-corrected chi connectivity index (χ1v) is 6.39. The molecule has 1 atom stereocenters. The Morgan fingerprint density at radius 3 is 3.12 bits per heavy atom. The summed E-state index contributed by atoms with van der Waals surface area (Å²) in [7, 11) is 0. The van der Waals surface area contributed by atoms with Gasteiger partial charge in [-0.3, -0.25) is 0 Å². The van der Waals surface area contributed by atoms with Gasteiger partial charge in [-0.25, -0.2) is 0 Å². The fourth-order valence-corrected chi connectivity index (χ4v) is 2.06. The van der Waals surface area contributed by atoms with E-state index in [9.17, 15) is 0 Å². The first-order chi connectivity index (χ1) is 8.25. The third kappa shape index (κ3) is 3.72. The lowest BCUT2D eigenvalue weighted by Crippen LogP contribution is -2.21. The summed E-state index contributed by atoms with van der Waals surface area (Å²) in [5, 5.41) is 12.5. The lowest BCUT2D eigenvalue weighted by Gasteiger charge is -2.07. The van der Waals surface area contributed by atoms with E-state index in [1.165, 1.54) is 11.1 Å². The second kappa shape index (κ2) is 6.03. The summed E-state index contributed by atoms with van der Waals surface area (Å²) in [5.41, 5.74) is 2.70. The van der Waals surface area contributed by atoms with Crippen LogP contribution in [0.3, 0.4) is 0 Å². The van der Waals surface area contributed by atoms with Crippen LogP contribution in [0.5, 0.6) is 5.75 Å². The topological polar surface area (TPSA) is 41.5 Å². The van der Waals surface area contributed by atoms with Crippen molar-refractivity contribution in [3.8, 4) is 5.75 Å². The first kappa shape index (κ1) is 12.4. The molecule has 1 heterocycles. The van der Waals surface area contributed by atoms with Crippen LogP contribution in [0.4, 0.5) is 0 Å². The summed E-state index contributed by atoms with van der Waals surface area (Å²) in [4.78, 5) is 0. The number of aliphatic hydroxyl groups is 1. The molecule has 0 radical (unpaired) electrons. The number of rotatable bonds is 6. The molecule has 0 aliphatic carbocycles. The third-order valence-corrected chi connectivity index (χ3v) is 3.08. The van der Waals surface area contributed by atoms with Crippen LogP contribution in [0.2, 0.25) is 0 Å². The van der Waals surface area contributed by atoms with Crippen molar-refractivity contribution in [1.82, 2.24) is 5.32 Å². The van der Waals surface area contributed by atoms with Gasteiger partial charge < -0.3 is 15.2 Å². The summed E-state index contributed by atoms with van der Waals surface area (Å²) in [5.74, 6) is 1.05. The Bertz CT molecular complexity index is 363. The van der Waals surface area contributed by atoms with E-state index in [2.05, 4.69) is 23.5 Å². The number of benzene rings is 1. The third-order valence-electron chi connectivity index (χ3n) is 3.08. The molecule has 0 bridgehead atoms. The molecule has 1 unspecified atom stereocenters. The molecule has 1 aliphatic heterocycles. The van der Waals surface area contributed by atoms with E-state index in [-0.39, 0.29) is 6.10 Å². The van der Waals surface area contributed by atoms with Crippen LogP contribution in [0.1, 0.15) is 24.5 Å². The molecule has 17 heavy (non-hydrogen) atoms. The van der Waals surface area contributed by atoms with Crippen LogP contribution in [-0.2, 0) is 12.8 Å². The average molecular weight is 235 g/mol. The van der Waals surface area contributed by atoms with Crippen molar-refractivity contribution in [3.63, 3.8) is 0 Å². The number of aliphatic hydroxyl groups excluding tert-OH is 1. The van der Waals surface area contributed by atoms with Gasteiger partial charge in [-0.1, -0.05) is 12.1 Å². The van der Waals surface area contributed by atoms with Crippen molar-refractivity contribution in [2.45, 2.75) is 32.3 Å².